The molecule has 10 heteroatoms. The number of phenols is 1. The number of benzene rings is 3. The molecule has 2 heterocycles. The Labute approximate surface area is 243 Å². The van der Waals surface area contributed by atoms with Crippen LogP contribution in [-0.2, 0) is 0 Å². The first kappa shape index (κ1) is 28.1. The summed E-state index contributed by atoms with van der Waals surface area (Å²) in [7, 11) is 0. The lowest BCUT2D eigenvalue weighted by atomic mass is 10.0. The van der Waals surface area contributed by atoms with E-state index in [9.17, 15) is 15.0 Å². The van der Waals surface area contributed by atoms with Gasteiger partial charge in [-0.25, -0.2) is 14.0 Å². The van der Waals surface area contributed by atoms with Crippen molar-refractivity contribution in [2.75, 3.05) is 36.0 Å². The number of rotatable bonds is 6. The smallest absolute Gasteiger partial charge is 0.350 e. The van der Waals surface area contributed by atoms with Crippen LogP contribution in [0.4, 0.5) is 11.4 Å². The Morgan fingerprint density at radius 2 is 1.35 bits per heavy atom. The van der Waals surface area contributed by atoms with E-state index in [-0.39, 0.29) is 5.69 Å². The number of hydrogen-bond acceptors (Lipinski definition) is 6. The molecular formula is C30H33Cl2N5O3. The van der Waals surface area contributed by atoms with E-state index in [0.29, 0.717) is 32.9 Å². The molecule has 1 aliphatic rings. The lowest BCUT2D eigenvalue weighted by molar-refractivity contribution is 0.113. The summed E-state index contributed by atoms with van der Waals surface area (Å²) in [5, 5.41) is 26.2. The average molecular weight is 583 g/mol. The Kier molecular flexibility index (Phi) is 7.86. The zero-order chi connectivity index (χ0) is 28.7. The third kappa shape index (κ3) is 5.31. The number of halogens is 2. The fraction of sp³-hybridized carbons (Fsp3) is 0.333. The minimum absolute atomic E-state index is 0.329. The molecule has 3 aromatic carbocycles. The van der Waals surface area contributed by atoms with E-state index in [1.54, 1.807) is 36.6 Å². The summed E-state index contributed by atoms with van der Waals surface area (Å²) >= 11 is 12.1. The van der Waals surface area contributed by atoms with Crippen LogP contribution in [-0.4, -0.2) is 50.7 Å². The van der Waals surface area contributed by atoms with Crippen molar-refractivity contribution in [2.24, 2.45) is 0 Å². The maximum absolute atomic E-state index is 13.4. The Morgan fingerprint density at radius 1 is 0.800 bits per heavy atom. The highest BCUT2D eigenvalue weighted by Crippen LogP contribution is 2.31. The summed E-state index contributed by atoms with van der Waals surface area (Å²) in [5.74, 6) is 0.888. The van der Waals surface area contributed by atoms with E-state index in [1.807, 2.05) is 50.2 Å². The maximum Gasteiger partial charge on any atom is 0.350 e. The third-order valence-electron chi connectivity index (χ3n) is 7.68. The quantitative estimate of drug-likeness (QED) is 0.308. The van der Waals surface area contributed by atoms with Crippen LogP contribution in [0.15, 0.2) is 59.4 Å². The van der Waals surface area contributed by atoms with Crippen molar-refractivity contribution >= 4 is 34.6 Å². The molecule has 0 spiro atoms. The minimum Gasteiger partial charge on any atom is -0.507 e. The molecule has 0 amide bonds. The van der Waals surface area contributed by atoms with Gasteiger partial charge >= 0.3 is 5.69 Å². The van der Waals surface area contributed by atoms with Gasteiger partial charge in [-0.1, -0.05) is 29.3 Å². The van der Waals surface area contributed by atoms with E-state index < -0.39 is 12.1 Å². The van der Waals surface area contributed by atoms with E-state index in [0.717, 1.165) is 48.7 Å². The molecule has 0 bridgehead atoms. The number of hydrogen-bond donors (Lipinski definition) is 2. The summed E-state index contributed by atoms with van der Waals surface area (Å²) in [4.78, 5) is 18.1. The second kappa shape index (κ2) is 11.2. The van der Waals surface area contributed by atoms with Crippen molar-refractivity contribution in [1.29, 1.82) is 0 Å². The fourth-order valence-corrected chi connectivity index (χ4v) is 5.61. The Balaban J connectivity index is 1.30. The first-order valence-corrected chi connectivity index (χ1v) is 14.0. The standard InChI is InChI=1S/C30H33Cl2N5O3/c1-18-15-25(16-19(2)28(18)38)35-13-11-34(12-14-35)23-6-8-24(9-7-23)36-21(4)33-37(30(36)40)20(3)29(39)22-5-10-26(31)27(32)17-22/h5-10,15-17,20,29,38-39H,11-14H2,1-4H3/t20?,29-/m0/s1. The monoisotopic (exact) mass is 581 g/mol. The number of aromatic nitrogens is 3. The molecule has 4 aromatic rings. The van der Waals surface area contributed by atoms with Gasteiger partial charge in [0.25, 0.3) is 0 Å². The van der Waals surface area contributed by atoms with Crippen LogP contribution in [0.2, 0.25) is 10.0 Å². The van der Waals surface area contributed by atoms with Crippen LogP contribution in [0.1, 0.15) is 41.6 Å². The number of piperazine rings is 1. The van der Waals surface area contributed by atoms with Crippen molar-refractivity contribution in [2.45, 2.75) is 39.8 Å². The van der Waals surface area contributed by atoms with Gasteiger partial charge in [0.05, 0.1) is 21.8 Å². The normalized spacial score (nSPS) is 15.4. The van der Waals surface area contributed by atoms with Gasteiger partial charge in [0.15, 0.2) is 0 Å². The number of aliphatic hydroxyl groups excluding tert-OH is 1. The van der Waals surface area contributed by atoms with Gasteiger partial charge in [-0.15, -0.1) is 0 Å². The predicted molar refractivity (Wildman–Crippen MR) is 161 cm³/mol. The van der Waals surface area contributed by atoms with Gasteiger partial charge in [-0.05, 0) is 92.9 Å². The summed E-state index contributed by atoms with van der Waals surface area (Å²) in [6.07, 6.45) is -0.995. The van der Waals surface area contributed by atoms with Crippen LogP contribution >= 0.6 is 23.2 Å². The SMILES string of the molecule is Cc1cc(N2CCN(c3ccc(-n4c(C)nn(C(C)[C@H](O)c5ccc(Cl)c(Cl)c5)c4=O)cc3)CC2)cc(C)c1O. The van der Waals surface area contributed by atoms with Crippen molar-refractivity contribution < 1.29 is 10.2 Å². The van der Waals surface area contributed by atoms with Crippen molar-refractivity contribution in [3.63, 3.8) is 0 Å². The van der Waals surface area contributed by atoms with Crippen LogP contribution < -0.4 is 15.5 Å². The predicted octanol–water partition coefficient (Wildman–Crippen LogP) is 5.59. The van der Waals surface area contributed by atoms with Gasteiger partial charge in [0.2, 0.25) is 0 Å². The number of aromatic hydroxyl groups is 1. The second-order valence-electron chi connectivity index (χ2n) is 10.4. The van der Waals surface area contributed by atoms with Gasteiger partial charge in [0, 0.05) is 37.6 Å². The molecule has 8 nitrogen and oxygen atoms in total. The highest BCUT2D eigenvalue weighted by atomic mass is 35.5. The van der Waals surface area contributed by atoms with Gasteiger partial charge in [-0.3, -0.25) is 0 Å². The van der Waals surface area contributed by atoms with Crippen molar-refractivity contribution in [3.05, 3.63) is 97.6 Å². The summed E-state index contributed by atoms with van der Waals surface area (Å²) in [6.45, 7) is 10.8. The molecule has 2 N–H and O–H groups in total. The molecule has 210 valence electrons. The first-order valence-electron chi connectivity index (χ1n) is 13.3. The molecule has 0 saturated carbocycles. The Hall–Kier alpha value is -3.46. The van der Waals surface area contributed by atoms with Gasteiger partial charge in [0.1, 0.15) is 17.7 Å². The molecule has 1 saturated heterocycles. The molecule has 40 heavy (non-hydrogen) atoms. The minimum atomic E-state index is -0.995. The molecule has 1 fully saturated rings. The zero-order valence-corrected chi connectivity index (χ0v) is 24.5. The number of nitrogens with zero attached hydrogens (tertiary/aromatic N) is 5. The molecule has 1 aromatic heterocycles. The summed E-state index contributed by atoms with van der Waals surface area (Å²) < 4.78 is 2.86. The van der Waals surface area contributed by atoms with Gasteiger partial charge in [-0.2, -0.15) is 5.10 Å². The van der Waals surface area contributed by atoms with Crippen molar-refractivity contribution in [1.82, 2.24) is 14.3 Å². The van der Waals surface area contributed by atoms with Crippen molar-refractivity contribution in [3.8, 4) is 11.4 Å². The van der Waals surface area contributed by atoms with E-state index in [1.165, 1.54) is 4.68 Å². The average Bonchev–Trinajstić information content (AvgIpc) is 3.25. The lowest BCUT2D eigenvalue weighted by Crippen LogP contribution is -2.46. The molecule has 1 unspecified atom stereocenters. The lowest BCUT2D eigenvalue weighted by Gasteiger charge is -2.37. The third-order valence-corrected chi connectivity index (χ3v) is 8.42. The van der Waals surface area contributed by atoms with E-state index >= 15 is 0 Å². The van der Waals surface area contributed by atoms with Crippen LogP contribution in [0, 0.1) is 20.8 Å². The molecule has 0 radical (unpaired) electrons. The van der Waals surface area contributed by atoms with Crippen LogP contribution in [0.25, 0.3) is 5.69 Å². The Morgan fingerprint density at radius 3 is 1.93 bits per heavy atom. The van der Waals surface area contributed by atoms with Crippen LogP contribution in [0.5, 0.6) is 5.75 Å². The Bertz CT molecular complexity index is 1570. The van der Waals surface area contributed by atoms with E-state index in [2.05, 4.69) is 14.9 Å². The number of anilines is 2. The highest BCUT2D eigenvalue weighted by molar-refractivity contribution is 6.42. The topological polar surface area (TPSA) is 86.8 Å². The molecular weight excluding hydrogens is 549 g/mol. The van der Waals surface area contributed by atoms with E-state index in [4.69, 9.17) is 23.2 Å². The largest absolute Gasteiger partial charge is 0.507 e. The fourth-order valence-electron chi connectivity index (χ4n) is 5.31. The molecule has 5 rings (SSSR count). The van der Waals surface area contributed by atoms with Gasteiger partial charge < -0.3 is 20.0 Å². The highest BCUT2D eigenvalue weighted by Gasteiger charge is 2.25. The van der Waals surface area contributed by atoms with Crippen LogP contribution in [0.3, 0.4) is 0 Å². The summed E-state index contributed by atoms with van der Waals surface area (Å²) in [6, 6.07) is 16.3. The first-order chi connectivity index (χ1) is 19.0. The molecule has 2 atom stereocenters. The molecule has 1 aliphatic heterocycles. The zero-order valence-electron chi connectivity index (χ0n) is 23.0. The number of phenolic OH excluding ortho intramolecular Hbond substituents is 1. The number of aryl methyl sites for hydroxylation is 3. The molecule has 0 aliphatic carbocycles. The second-order valence-corrected chi connectivity index (χ2v) is 11.2. The number of aliphatic hydroxyl groups is 1. The maximum atomic E-state index is 13.4. The summed E-state index contributed by atoms with van der Waals surface area (Å²) in [5.41, 5.74) is 4.94.